The highest BCUT2D eigenvalue weighted by atomic mass is 16.5. The van der Waals surface area contributed by atoms with Gasteiger partial charge in [-0.05, 0) is 39.2 Å². The van der Waals surface area contributed by atoms with Gasteiger partial charge in [-0.2, -0.15) is 0 Å². The molecular weight excluding hydrogens is 308 g/mol. The van der Waals surface area contributed by atoms with Crippen LogP contribution in [0.3, 0.4) is 0 Å². The molecule has 0 aromatic heterocycles. The lowest BCUT2D eigenvalue weighted by Gasteiger charge is -2.18. The van der Waals surface area contributed by atoms with Crippen LogP contribution >= 0.6 is 0 Å². The molecule has 1 saturated heterocycles. The van der Waals surface area contributed by atoms with Crippen LogP contribution in [0.1, 0.15) is 12.8 Å². The third kappa shape index (κ3) is 5.13. The van der Waals surface area contributed by atoms with Crippen molar-refractivity contribution in [3.63, 3.8) is 0 Å². The number of anilines is 1. The maximum Gasteiger partial charge on any atom is 0.315 e. The van der Waals surface area contributed by atoms with E-state index in [1.165, 1.54) is 0 Å². The van der Waals surface area contributed by atoms with Gasteiger partial charge in [-0.3, -0.25) is 4.79 Å². The maximum atomic E-state index is 12.2. The number of nitrogens with one attached hydrogen (secondary N) is 2. The van der Waals surface area contributed by atoms with E-state index < -0.39 is 0 Å². The lowest BCUT2D eigenvalue weighted by Crippen LogP contribution is -2.43. The highest BCUT2D eigenvalue weighted by Crippen LogP contribution is 2.25. The predicted octanol–water partition coefficient (Wildman–Crippen LogP) is 1.05. The highest BCUT2D eigenvalue weighted by Gasteiger charge is 2.31. The number of hydrogen-bond acceptors (Lipinski definition) is 4. The van der Waals surface area contributed by atoms with Crippen molar-refractivity contribution in [1.29, 1.82) is 0 Å². The first-order valence-electron chi connectivity index (χ1n) is 8.13. The molecule has 1 aliphatic rings. The largest absolute Gasteiger partial charge is 0.497 e. The number of amides is 3. The Balaban J connectivity index is 1.82. The summed E-state index contributed by atoms with van der Waals surface area (Å²) in [5, 5.41) is 5.69. The summed E-state index contributed by atoms with van der Waals surface area (Å²) < 4.78 is 5.19. The van der Waals surface area contributed by atoms with Crippen LogP contribution in [0.2, 0.25) is 0 Å². The summed E-state index contributed by atoms with van der Waals surface area (Å²) >= 11 is 0. The van der Waals surface area contributed by atoms with Gasteiger partial charge < -0.3 is 25.2 Å². The average molecular weight is 334 g/mol. The Labute approximate surface area is 142 Å². The van der Waals surface area contributed by atoms with E-state index in [0.717, 1.165) is 18.7 Å². The molecule has 7 nitrogen and oxygen atoms in total. The van der Waals surface area contributed by atoms with Gasteiger partial charge in [0.05, 0.1) is 13.2 Å². The number of rotatable bonds is 7. The lowest BCUT2D eigenvalue weighted by molar-refractivity contribution is -0.117. The molecule has 1 heterocycles. The molecule has 3 amide bonds. The van der Waals surface area contributed by atoms with Crippen molar-refractivity contribution in [2.45, 2.75) is 18.9 Å². The standard InChI is InChI=1S/C17H26N4O3/c1-20(2)9-5-8-18-17(23)19-13-10-16(22)21(12-13)14-6-4-7-15(11-14)24-3/h4,6-7,11,13H,5,8-10,12H2,1-3H3,(H2,18,19,23). The molecule has 0 radical (unpaired) electrons. The monoisotopic (exact) mass is 334 g/mol. The van der Waals surface area contributed by atoms with Crippen molar-refractivity contribution in [3.05, 3.63) is 24.3 Å². The van der Waals surface area contributed by atoms with Gasteiger partial charge in [0, 0.05) is 31.3 Å². The molecule has 0 aliphatic carbocycles. The van der Waals surface area contributed by atoms with Crippen molar-refractivity contribution < 1.29 is 14.3 Å². The number of ether oxygens (including phenoxy) is 1. The van der Waals surface area contributed by atoms with Crippen LogP contribution in [0.25, 0.3) is 0 Å². The van der Waals surface area contributed by atoms with Gasteiger partial charge in [0.2, 0.25) is 5.91 Å². The van der Waals surface area contributed by atoms with Crippen molar-refractivity contribution in [3.8, 4) is 5.75 Å². The first-order chi connectivity index (χ1) is 11.5. The third-order valence-corrected chi connectivity index (χ3v) is 3.89. The Hall–Kier alpha value is -2.28. The summed E-state index contributed by atoms with van der Waals surface area (Å²) in [5.41, 5.74) is 0.787. The topological polar surface area (TPSA) is 73.9 Å². The fourth-order valence-electron chi connectivity index (χ4n) is 2.67. The predicted molar refractivity (Wildman–Crippen MR) is 93.5 cm³/mol. The number of urea groups is 1. The van der Waals surface area contributed by atoms with E-state index in [2.05, 4.69) is 15.5 Å². The second kappa shape index (κ2) is 8.54. The summed E-state index contributed by atoms with van der Waals surface area (Å²) in [4.78, 5) is 27.9. The zero-order chi connectivity index (χ0) is 17.5. The lowest BCUT2D eigenvalue weighted by atomic mass is 10.2. The van der Waals surface area contributed by atoms with Crippen molar-refractivity contribution in [1.82, 2.24) is 15.5 Å². The zero-order valence-corrected chi connectivity index (χ0v) is 14.5. The second-order valence-corrected chi connectivity index (χ2v) is 6.16. The Morgan fingerprint density at radius 2 is 2.21 bits per heavy atom. The van der Waals surface area contributed by atoms with E-state index in [4.69, 9.17) is 4.74 Å². The van der Waals surface area contributed by atoms with Gasteiger partial charge in [0.15, 0.2) is 0 Å². The average Bonchev–Trinajstić information content (AvgIpc) is 2.91. The molecule has 7 heteroatoms. The Bertz CT molecular complexity index is 577. The minimum absolute atomic E-state index is 0.00107. The molecule has 1 fully saturated rings. The van der Waals surface area contributed by atoms with E-state index in [1.807, 2.05) is 38.4 Å². The van der Waals surface area contributed by atoms with Crippen LogP contribution in [-0.2, 0) is 4.79 Å². The van der Waals surface area contributed by atoms with Crippen LogP contribution in [0, 0.1) is 0 Å². The molecule has 1 unspecified atom stereocenters. The van der Waals surface area contributed by atoms with Gasteiger partial charge in [-0.25, -0.2) is 4.79 Å². The smallest absolute Gasteiger partial charge is 0.315 e. The molecule has 132 valence electrons. The van der Waals surface area contributed by atoms with E-state index >= 15 is 0 Å². The Morgan fingerprint density at radius 3 is 2.92 bits per heavy atom. The number of methoxy groups -OCH3 is 1. The molecule has 0 spiro atoms. The van der Waals surface area contributed by atoms with Crippen molar-refractivity contribution in [2.75, 3.05) is 45.7 Å². The maximum absolute atomic E-state index is 12.2. The first kappa shape index (κ1) is 18.1. The number of benzene rings is 1. The summed E-state index contributed by atoms with van der Waals surface area (Å²) in [6, 6.07) is 6.96. The van der Waals surface area contributed by atoms with Crippen LogP contribution in [0.4, 0.5) is 10.5 Å². The zero-order valence-electron chi connectivity index (χ0n) is 14.5. The van der Waals surface area contributed by atoms with Gasteiger partial charge in [-0.15, -0.1) is 0 Å². The van der Waals surface area contributed by atoms with Gasteiger partial charge >= 0.3 is 6.03 Å². The number of carbonyl (C=O) groups excluding carboxylic acids is 2. The van der Waals surface area contributed by atoms with E-state index in [1.54, 1.807) is 12.0 Å². The Kier molecular flexibility index (Phi) is 6.43. The molecule has 1 atom stereocenters. The van der Waals surface area contributed by atoms with E-state index in [0.29, 0.717) is 25.3 Å². The van der Waals surface area contributed by atoms with Gasteiger partial charge in [0.25, 0.3) is 0 Å². The second-order valence-electron chi connectivity index (χ2n) is 6.16. The van der Waals surface area contributed by atoms with Gasteiger partial charge in [-0.1, -0.05) is 6.07 Å². The molecule has 1 aromatic carbocycles. The van der Waals surface area contributed by atoms with Crippen LogP contribution in [-0.4, -0.2) is 63.7 Å². The normalized spacial score (nSPS) is 17.2. The minimum atomic E-state index is -0.223. The molecule has 2 rings (SSSR count). The van der Waals surface area contributed by atoms with Gasteiger partial charge in [0.1, 0.15) is 5.75 Å². The molecule has 1 aliphatic heterocycles. The van der Waals surface area contributed by atoms with Crippen LogP contribution in [0.15, 0.2) is 24.3 Å². The number of nitrogens with zero attached hydrogens (tertiary/aromatic N) is 2. The highest BCUT2D eigenvalue weighted by molar-refractivity contribution is 5.97. The summed E-state index contributed by atoms with van der Waals surface area (Å²) in [7, 11) is 5.59. The SMILES string of the molecule is COc1cccc(N2CC(NC(=O)NCCCN(C)C)CC2=O)c1. The molecule has 1 aromatic rings. The van der Waals surface area contributed by atoms with Crippen molar-refractivity contribution >= 4 is 17.6 Å². The third-order valence-electron chi connectivity index (χ3n) is 3.89. The van der Waals surface area contributed by atoms with Crippen LogP contribution in [0.5, 0.6) is 5.75 Å². The Morgan fingerprint density at radius 1 is 1.42 bits per heavy atom. The number of carbonyl (C=O) groups is 2. The fraction of sp³-hybridized carbons (Fsp3) is 0.529. The van der Waals surface area contributed by atoms with Crippen LogP contribution < -0.4 is 20.3 Å². The molecule has 2 N–H and O–H groups in total. The summed E-state index contributed by atoms with van der Waals surface area (Å²) in [6.45, 7) is 2.01. The molecule has 0 saturated carbocycles. The summed E-state index contributed by atoms with van der Waals surface area (Å²) in [6.07, 6.45) is 1.20. The van der Waals surface area contributed by atoms with E-state index in [-0.39, 0.29) is 18.0 Å². The van der Waals surface area contributed by atoms with Crippen molar-refractivity contribution in [2.24, 2.45) is 0 Å². The fourth-order valence-corrected chi connectivity index (χ4v) is 2.67. The number of hydrogen-bond donors (Lipinski definition) is 2. The minimum Gasteiger partial charge on any atom is -0.497 e. The molecular formula is C17H26N4O3. The quantitative estimate of drug-likeness (QED) is 0.731. The molecule has 24 heavy (non-hydrogen) atoms. The van der Waals surface area contributed by atoms with E-state index in [9.17, 15) is 9.59 Å². The molecule has 0 bridgehead atoms. The summed E-state index contributed by atoms with van der Waals surface area (Å²) in [5.74, 6) is 0.705. The first-order valence-corrected chi connectivity index (χ1v) is 8.13.